The first kappa shape index (κ1) is 17.8. The molecule has 0 aromatic rings. The number of hydrogen-bond acceptors (Lipinski definition) is 7. The van der Waals surface area contributed by atoms with Crippen LogP contribution >= 0.6 is 0 Å². The molecule has 0 aliphatic rings. The summed E-state index contributed by atoms with van der Waals surface area (Å²) in [5.74, 6) is -1.22. The first-order valence-corrected chi connectivity index (χ1v) is 7.55. The molecule has 8 heteroatoms. The van der Waals surface area contributed by atoms with Crippen molar-refractivity contribution in [1.82, 2.24) is 0 Å². The summed E-state index contributed by atoms with van der Waals surface area (Å²) in [6.07, 6.45) is 2.56. The summed E-state index contributed by atoms with van der Waals surface area (Å²) >= 11 is 0. The van der Waals surface area contributed by atoms with Crippen molar-refractivity contribution in [2.24, 2.45) is 0 Å². The second-order valence-electron chi connectivity index (χ2n) is 3.42. The van der Waals surface area contributed by atoms with Gasteiger partial charge in [0.1, 0.15) is 0 Å². The van der Waals surface area contributed by atoms with Crippen LogP contribution < -0.4 is 0 Å². The first-order chi connectivity index (χ1) is 9.03. The van der Waals surface area contributed by atoms with E-state index in [1.54, 1.807) is 0 Å². The van der Waals surface area contributed by atoms with E-state index in [1.165, 1.54) is 28.4 Å². The highest BCUT2D eigenvalue weighted by Crippen LogP contribution is 2.14. The first-order valence-electron chi connectivity index (χ1n) is 5.61. The second kappa shape index (κ2) is 9.67. The predicted octanol–water partition coefficient (Wildman–Crippen LogP) is 0.527. The van der Waals surface area contributed by atoms with E-state index in [4.69, 9.17) is 18.0 Å². The molecule has 0 saturated heterocycles. The number of esters is 2. The highest BCUT2D eigenvalue weighted by molar-refractivity contribution is 6.60. The number of ether oxygens (including phenoxy) is 2. The molecule has 19 heavy (non-hydrogen) atoms. The van der Waals surface area contributed by atoms with Crippen LogP contribution in [0.25, 0.3) is 0 Å². The standard InChI is InChI=1S/C11H20O7Si/c1-14-10(12)6-7-11(13)18-8-5-9-19(15-2,16-3)17-4/h6-7H,5,8-9H2,1-4H3/b7-6-. The normalized spacial score (nSPS) is 11.6. The molecule has 0 heterocycles. The summed E-state index contributed by atoms with van der Waals surface area (Å²) in [6, 6.07) is 0.532. The van der Waals surface area contributed by atoms with E-state index in [1.807, 2.05) is 0 Å². The van der Waals surface area contributed by atoms with Crippen LogP contribution in [0.15, 0.2) is 12.2 Å². The molecule has 0 N–H and O–H groups in total. The molecule has 0 spiro atoms. The van der Waals surface area contributed by atoms with Gasteiger partial charge in [-0.2, -0.15) is 0 Å². The highest BCUT2D eigenvalue weighted by atomic mass is 28.4. The average Bonchev–Trinajstić information content (AvgIpc) is 2.45. The Hall–Kier alpha value is -1.22. The maximum Gasteiger partial charge on any atom is 0.500 e. The zero-order valence-corrected chi connectivity index (χ0v) is 12.6. The van der Waals surface area contributed by atoms with Crippen LogP contribution in [0.4, 0.5) is 0 Å². The Morgan fingerprint density at radius 2 is 1.47 bits per heavy atom. The number of carbonyl (C=O) groups excluding carboxylic acids is 2. The largest absolute Gasteiger partial charge is 0.500 e. The molecule has 0 aromatic heterocycles. The average molecular weight is 292 g/mol. The Labute approximate surface area is 113 Å². The van der Waals surface area contributed by atoms with Gasteiger partial charge in [-0.15, -0.1) is 0 Å². The Morgan fingerprint density at radius 1 is 0.947 bits per heavy atom. The number of rotatable bonds is 9. The van der Waals surface area contributed by atoms with E-state index in [0.717, 1.165) is 12.2 Å². The van der Waals surface area contributed by atoms with Crippen molar-refractivity contribution in [3.8, 4) is 0 Å². The molecule has 0 bridgehead atoms. The summed E-state index contributed by atoms with van der Waals surface area (Å²) in [4.78, 5) is 21.9. The summed E-state index contributed by atoms with van der Waals surface area (Å²) < 4.78 is 24.9. The zero-order valence-electron chi connectivity index (χ0n) is 11.6. The topological polar surface area (TPSA) is 80.3 Å². The van der Waals surface area contributed by atoms with E-state index in [-0.39, 0.29) is 6.61 Å². The molecule has 0 fully saturated rings. The van der Waals surface area contributed by atoms with E-state index < -0.39 is 20.7 Å². The summed E-state index contributed by atoms with van der Waals surface area (Å²) in [6.45, 7) is 0.190. The minimum absolute atomic E-state index is 0.190. The van der Waals surface area contributed by atoms with Gasteiger partial charge in [0, 0.05) is 39.5 Å². The van der Waals surface area contributed by atoms with Gasteiger partial charge in [-0.1, -0.05) is 0 Å². The summed E-state index contributed by atoms with van der Waals surface area (Å²) in [5, 5.41) is 0. The van der Waals surface area contributed by atoms with Crippen LogP contribution in [0.5, 0.6) is 0 Å². The minimum atomic E-state index is -2.62. The monoisotopic (exact) mass is 292 g/mol. The molecule has 0 amide bonds. The lowest BCUT2D eigenvalue weighted by molar-refractivity contribution is -0.139. The lowest BCUT2D eigenvalue weighted by Crippen LogP contribution is -2.42. The van der Waals surface area contributed by atoms with Gasteiger partial charge in [-0.3, -0.25) is 0 Å². The number of hydrogen-bond donors (Lipinski definition) is 0. The third-order valence-corrected chi connectivity index (χ3v) is 5.19. The maximum atomic E-state index is 11.2. The Bertz CT molecular complexity index is 304. The van der Waals surface area contributed by atoms with Gasteiger partial charge >= 0.3 is 20.7 Å². The van der Waals surface area contributed by atoms with Gasteiger partial charge in [0.2, 0.25) is 0 Å². The lowest BCUT2D eigenvalue weighted by Gasteiger charge is -2.23. The minimum Gasteiger partial charge on any atom is -0.466 e. The SMILES string of the molecule is COC(=O)/C=C\C(=O)OCCC[Si](OC)(OC)OC. The molecule has 0 radical (unpaired) electrons. The molecule has 0 aliphatic heterocycles. The Balaban J connectivity index is 3.94. The van der Waals surface area contributed by atoms with Crippen LogP contribution in [0.2, 0.25) is 6.04 Å². The molecule has 0 rings (SSSR count). The molecule has 7 nitrogen and oxygen atoms in total. The van der Waals surface area contributed by atoms with Gasteiger partial charge < -0.3 is 22.8 Å². The third-order valence-electron chi connectivity index (χ3n) is 2.36. The number of methoxy groups -OCH3 is 1. The Kier molecular flexibility index (Phi) is 9.05. The van der Waals surface area contributed by atoms with Gasteiger partial charge in [0.15, 0.2) is 0 Å². The van der Waals surface area contributed by atoms with E-state index in [0.29, 0.717) is 12.5 Å². The third kappa shape index (κ3) is 7.06. The van der Waals surface area contributed by atoms with E-state index >= 15 is 0 Å². The number of carbonyl (C=O) groups is 2. The van der Waals surface area contributed by atoms with Crippen LogP contribution in [0.3, 0.4) is 0 Å². The van der Waals surface area contributed by atoms with Gasteiger partial charge in [-0.05, 0) is 6.42 Å². The van der Waals surface area contributed by atoms with Crippen molar-refractivity contribution in [3.05, 3.63) is 12.2 Å². The van der Waals surface area contributed by atoms with Gasteiger partial charge in [-0.25, -0.2) is 9.59 Å². The van der Waals surface area contributed by atoms with E-state index in [9.17, 15) is 9.59 Å². The fourth-order valence-corrected chi connectivity index (χ4v) is 2.96. The fraction of sp³-hybridized carbons (Fsp3) is 0.636. The van der Waals surface area contributed by atoms with Crippen LogP contribution in [0.1, 0.15) is 6.42 Å². The second-order valence-corrected chi connectivity index (χ2v) is 6.51. The fourth-order valence-electron chi connectivity index (χ4n) is 1.27. The molecule has 0 atom stereocenters. The van der Waals surface area contributed by atoms with Crippen LogP contribution in [0, 0.1) is 0 Å². The molecule has 0 unspecified atom stereocenters. The highest BCUT2D eigenvalue weighted by Gasteiger charge is 2.36. The van der Waals surface area contributed by atoms with Gasteiger partial charge in [0.25, 0.3) is 0 Å². The summed E-state index contributed by atoms with van der Waals surface area (Å²) in [5.41, 5.74) is 0. The zero-order chi connectivity index (χ0) is 14.7. The Morgan fingerprint density at radius 3 is 1.95 bits per heavy atom. The summed E-state index contributed by atoms with van der Waals surface area (Å²) in [7, 11) is 3.16. The van der Waals surface area contributed by atoms with Crippen LogP contribution in [-0.4, -0.2) is 55.8 Å². The molecule has 0 saturated carbocycles. The quantitative estimate of drug-likeness (QED) is 0.265. The van der Waals surface area contributed by atoms with Crippen LogP contribution in [-0.2, 0) is 32.3 Å². The van der Waals surface area contributed by atoms with Crippen molar-refractivity contribution in [3.63, 3.8) is 0 Å². The van der Waals surface area contributed by atoms with Crippen molar-refractivity contribution in [2.45, 2.75) is 12.5 Å². The van der Waals surface area contributed by atoms with Crippen molar-refractivity contribution in [2.75, 3.05) is 35.0 Å². The maximum absolute atomic E-state index is 11.2. The molecular formula is C11H20O7Si. The van der Waals surface area contributed by atoms with Crippen molar-refractivity contribution < 1.29 is 32.3 Å². The molecule has 0 aromatic carbocycles. The lowest BCUT2D eigenvalue weighted by atomic mass is 10.5. The molecular weight excluding hydrogens is 272 g/mol. The van der Waals surface area contributed by atoms with E-state index in [2.05, 4.69) is 4.74 Å². The van der Waals surface area contributed by atoms with Crippen molar-refractivity contribution >= 4 is 20.7 Å². The molecule has 0 aliphatic carbocycles. The van der Waals surface area contributed by atoms with Crippen molar-refractivity contribution in [1.29, 1.82) is 0 Å². The van der Waals surface area contributed by atoms with Gasteiger partial charge in [0.05, 0.1) is 13.7 Å². The molecule has 110 valence electrons. The smallest absolute Gasteiger partial charge is 0.466 e. The predicted molar refractivity (Wildman–Crippen MR) is 68.3 cm³/mol.